The predicted molar refractivity (Wildman–Crippen MR) is 99.2 cm³/mol. The van der Waals surface area contributed by atoms with Crippen LogP contribution in [0.3, 0.4) is 0 Å². The highest BCUT2D eigenvalue weighted by Crippen LogP contribution is 2.17. The third-order valence-electron chi connectivity index (χ3n) is 3.89. The lowest BCUT2D eigenvalue weighted by molar-refractivity contribution is 0.282. The lowest BCUT2D eigenvalue weighted by atomic mass is 9.96. The van der Waals surface area contributed by atoms with Crippen molar-refractivity contribution in [3.8, 4) is 0 Å². The maximum absolute atomic E-state index is 4.68. The van der Waals surface area contributed by atoms with E-state index in [4.69, 9.17) is 0 Å². The second-order valence-corrected chi connectivity index (χ2v) is 5.81. The fourth-order valence-electron chi connectivity index (χ4n) is 2.34. The van der Waals surface area contributed by atoms with Gasteiger partial charge in [-0.25, -0.2) is 0 Å². The molecule has 0 amide bonds. The average Bonchev–Trinajstić information content (AvgIpc) is 2.39. The Hall–Kier alpha value is -0.0400. The molecule has 1 aliphatic carbocycles. The van der Waals surface area contributed by atoms with Crippen LogP contribution in [0, 0.1) is 0 Å². The summed E-state index contributed by atoms with van der Waals surface area (Å²) in [4.78, 5) is 7.01. The molecule has 0 unspecified atom stereocenters. The van der Waals surface area contributed by atoms with E-state index in [0.717, 1.165) is 25.6 Å². The van der Waals surface area contributed by atoms with Gasteiger partial charge < -0.3 is 15.5 Å². The van der Waals surface area contributed by atoms with Gasteiger partial charge in [-0.1, -0.05) is 19.3 Å². The summed E-state index contributed by atoms with van der Waals surface area (Å²) in [6.45, 7) is 9.36. The predicted octanol–water partition coefficient (Wildman–Crippen LogP) is 2.83. The molecule has 5 heteroatoms. The summed E-state index contributed by atoms with van der Waals surface area (Å²) in [5.74, 6) is 0.992. The summed E-state index contributed by atoms with van der Waals surface area (Å²) in [5, 5.41) is 6.93. The van der Waals surface area contributed by atoms with Crippen molar-refractivity contribution in [1.29, 1.82) is 0 Å². The van der Waals surface area contributed by atoms with E-state index in [2.05, 4.69) is 48.3 Å². The van der Waals surface area contributed by atoms with Crippen molar-refractivity contribution in [2.45, 2.75) is 65.0 Å². The smallest absolute Gasteiger partial charge is 0.191 e. The van der Waals surface area contributed by atoms with Crippen LogP contribution in [0.4, 0.5) is 0 Å². The Balaban J connectivity index is 0.00000361. The third-order valence-corrected chi connectivity index (χ3v) is 3.89. The maximum atomic E-state index is 4.68. The van der Waals surface area contributed by atoms with Crippen LogP contribution in [0.5, 0.6) is 0 Å². The lowest BCUT2D eigenvalue weighted by Crippen LogP contribution is -2.44. The Morgan fingerprint density at radius 3 is 2.45 bits per heavy atom. The Bertz CT molecular complexity index is 263. The largest absolute Gasteiger partial charge is 0.357 e. The molecular weight excluding hydrogens is 363 g/mol. The average molecular weight is 396 g/mol. The van der Waals surface area contributed by atoms with E-state index in [1.54, 1.807) is 0 Å². The lowest BCUT2D eigenvalue weighted by Gasteiger charge is -2.25. The molecule has 120 valence electrons. The van der Waals surface area contributed by atoms with Crippen molar-refractivity contribution in [2.24, 2.45) is 4.99 Å². The van der Waals surface area contributed by atoms with E-state index < -0.39 is 0 Å². The van der Waals surface area contributed by atoms with Gasteiger partial charge >= 0.3 is 0 Å². The number of hydrogen-bond donors (Lipinski definition) is 2. The molecule has 1 rings (SSSR count). The van der Waals surface area contributed by atoms with Gasteiger partial charge in [-0.05, 0) is 40.7 Å². The first-order valence-electron chi connectivity index (χ1n) is 7.88. The van der Waals surface area contributed by atoms with Crippen LogP contribution in [0.2, 0.25) is 0 Å². The Morgan fingerprint density at radius 2 is 1.90 bits per heavy atom. The molecule has 20 heavy (non-hydrogen) atoms. The van der Waals surface area contributed by atoms with Gasteiger partial charge in [-0.15, -0.1) is 24.0 Å². The SMILES string of the molecule is CCNC(=NCCN(C)C(C)C)NC1CCCCC1.I. The van der Waals surface area contributed by atoms with Gasteiger partial charge in [0, 0.05) is 25.2 Å². The number of halogens is 1. The molecule has 1 aliphatic rings. The number of nitrogens with one attached hydrogen (secondary N) is 2. The summed E-state index contributed by atoms with van der Waals surface area (Å²) in [7, 11) is 2.15. The molecular formula is C15H33IN4. The topological polar surface area (TPSA) is 39.7 Å². The molecule has 0 aromatic rings. The van der Waals surface area contributed by atoms with E-state index >= 15 is 0 Å². The number of nitrogens with zero attached hydrogens (tertiary/aromatic N) is 2. The molecule has 1 fully saturated rings. The number of aliphatic imine (C=N–C) groups is 1. The Labute approximate surface area is 142 Å². The fourth-order valence-corrected chi connectivity index (χ4v) is 2.34. The first-order chi connectivity index (χ1) is 9.13. The summed E-state index contributed by atoms with van der Waals surface area (Å²) >= 11 is 0. The molecule has 0 aromatic heterocycles. The summed E-state index contributed by atoms with van der Waals surface area (Å²) < 4.78 is 0. The minimum Gasteiger partial charge on any atom is -0.357 e. The van der Waals surface area contributed by atoms with Crippen molar-refractivity contribution in [3.05, 3.63) is 0 Å². The van der Waals surface area contributed by atoms with Gasteiger partial charge in [-0.2, -0.15) is 0 Å². The second kappa shape index (κ2) is 11.6. The molecule has 4 nitrogen and oxygen atoms in total. The molecule has 0 aliphatic heterocycles. The van der Waals surface area contributed by atoms with Crippen molar-refractivity contribution in [2.75, 3.05) is 26.7 Å². The molecule has 0 heterocycles. The van der Waals surface area contributed by atoms with E-state index in [0.29, 0.717) is 12.1 Å². The molecule has 0 bridgehead atoms. The van der Waals surface area contributed by atoms with Crippen LogP contribution in [0.1, 0.15) is 52.9 Å². The zero-order valence-corrected chi connectivity index (χ0v) is 15.9. The first kappa shape index (κ1) is 20.0. The van der Waals surface area contributed by atoms with E-state index in [-0.39, 0.29) is 24.0 Å². The Kier molecular flexibility index (Phi) is 11.6. The summed E-state index contributed by atoms with van der Waals surface area (Å²) in [5.41, 5.74) is 0. The fraction of sp³-hybridized carbons (Fsp3) is 0.933. The highest BCUT2D eigenvalue weighted by atomic mass is 127. The molecule has 0 atom stereocenters. The van der Waals surface area contributed by atoms with Crippen molar-refractivity contribution in [1.82, 2.24) is 15.5 Å². The standard InChI is InChI=1S/C15H32N4.HI/c1-5-16-15(17-11-12-19(4)13(2)3)18-14-9-7-6-8-10-14;/h13-14H,5-12H2,1-4H3,(H2,16,17,18);1H. The van der Waals surface area contributed by atoms with Crippen LogP contribution in [-0.4, -0.2) is 49.6 Å². The van der Waals surface area contributed by atoms with Gasteiger partial charge in [0.2, 0.25) is 0 Å². The second-order valence-electron chi connectivity index (χ2n) is 5.81. The molecule has 0 radical (unpaired) electrons. The first-order valence-corrected chi connectivity index (χ1v) is 7.88. The highest BCUT2D eigenvalue weighted by Gasteiger charge is 2.14. The number of likely N-dealkylation sites (N-methyl/N-ethyl adjacent to an activating group) is 1. The van der Waals surface area contributed by atoms with Crippen molar-refractivity contribution >= 4 is 29.9 Å². The monoisotopic (exact) mass is 396 g/mol. The minimum absolute atomic E-state index is 0. The van der Waals surface area contributed by atoms with E-state index in [1.807, 2.05) is 0 Å². The van der Waals surface area contributed by atoms with Crippen molar-refractivity contribution in [3.63, 3.8) is 0 Å². The quantitative estimate of drug-likeness (QED) is 0.412. The zero-order valence-electron chi connectivity index (χ0n) is 13.6. The van der Waals surface area contributed by atoms with Gasteiger partial charge in [-0.3, -0.25) is 4.99 Å². The van der Waals surface area contributed by atoms with Gasteiger partial charge in [0.1, 0.15) is 0 Å². The van der Waals surface area contributed by atoms with Crippen LogP contribution in [0.25, 0.3) is 0 Å². The third kappa shape index (κ3) is 8.29. The van der Waals surface area contributed by atoms with Gasteiger partial charge in [0.05, 0.1) is 6.54 Å². The zero-order chi connectivity index (χ0) is 14.1. The number of rotatable bonds is 6. The van der Waals surface area contributed by atoms with Gasteiger partial charge in [0.25, 0.3) is 0 Å². The normalized spacial score (nSPS) is 17.2. The summed E-state index contributed by atoms with van der Waals surface area (Å²) in [6.07, 6.45) is 6.68. The molecule has 2 N–H and O–H groups in total. The number of hydrogen-bond acceptors (Lipinski definition) is 2. The van der Waals surface area contributed by atoms with E-state index in [9.17, 15) is 0 Å². The van der Waals surface area contributed by atoms with Crippen LogP contribution >= 0.6 is 24.0 Å². The highest BCUT2D eigenvalue weighted by molar-refractivity contribution is 14.0. The molecule has 1 saturated carbocycles. The minimum atomic E-state index is 0. The maximum Gasteiger partial charge on any atom is 0.191 e. The summed E-state index contributed by atoms with van der Waals surface area (Å²) in [6, 6.07) is 1.21. The molecule has 0 spiro atoms. The van der Waals surface area contributed by atoms with Crippen LogP contribution in [-0.2, 0) is 0 Å². The Morgan fingerprint density at radius 1 is 1.25 bits per heavy atom. The molecule has 0 aromatic carbocycles. The molecule has 0 saturated heterocycles. The van der Waals surface area contributed by atoms with E-state index in [1.165, 1.54) is 32.1 Å². The van der Waals surface area contributed by atoms with Crippen LogP contribution < -0.4 is 10.6 Å². The van der Waals surface area contributed by atoms with Gasteiger partial charge in [0.15, 0.2) is 5.96 Å². The number of guanidine groups is 1. The van der Waals surface area contributed by atoms with Crippen molar-refractivity contribution < 1.29 is 0 Å². The van der Waals surface area contributed by atoms with Crippen LogP contribution in [0.15, 0.2) is 4.99 Å².